The molecular weight excluding hydrogens is 345 g/mol. The van der Waals surface area contributed by atoms with E-state index in [0.717, 1.165) is 9.26 Å². The highest BCUT2D eigenvalue weighted by molar-refractivity contribution is 14.1. The van der Waals surface area contributed by atoms with Gasteiger partial charge in [0.2, 0.25) is 5.91 Å². The first-order valence-corrected chi connectivity index (χ1v) is 6.70. The molecule has 1 fully saturated rings. The first-order valence-electron chi connectivity index (χ1n) is 5.63. The Bertz CT molecular complexity index is 461. The van der Waals surface area contributed by atoms with E-state index in [9.17, 15) is 9.59 Å². The highest BCUT2D eigenvalue weighted by Gasteiger charge is 2.26. The number of halogens is 1. The second kappa shape index (κ2) is 5.55. The summed E-state index contributed by atoms with van der Waals surface area (Å²) in [6.07, 6.45) is 0. The number of amides is 3. The molecular formula is C12H14IN3O2. The molecule has 18 heavy (non-hydrogen) atoms. The Morgan fingerprint density at radius 3 is 2.67 bits per heavy atom. The monoisotopic (exact) mass is 359 g/mol. The third-order valence-electron chi connectivity index (χ3n) is 2.80. The van der Waals surface area contributed by atoms with E-state index in [2.05, 4.69) is 27.9 Å². The Hall–Kier alpha value is -1.31. The molecule has 1 heterocycles. The van der Waals surface area contributed by atoms with Crippen LogP contribution in [-0.4, -0.2) is 43.5 Å². The number of hydrogen-bond donors (Lipinski definition) is 1. The van der Waals surface area contributed by atoms with E-state index in [-0.39, 0.29) is 18.5 Å². The number of nitrogens with zero attached hydrogens (tertiary/aromatic N) is 2. The average molecular weight is 359 g/mol. The number of benzene rings is 1. The summed E-state index contributed by atoms with van der Waals surface area (Å²) in [4.78, 5) is 26.4. The normalized spacial score (nSPS) is 14.6. The van der Waals surface area contributed by atoms with Crippen LogP contribution in [0.1, 0.15) is 0 Å². The number of rotatable bonds is 3. The maximum atomic E-state index is 11.9. The van der Waals surface area contributed by atoms with Crippen LogP contribution in [0.3, 0.4) is 0 Å². The summed E-state index contributed by atoms with van der Waals surface area (Å²) in [6.45, 7) is 1.20. The van der Waals surface area contributed by atoms with Crippen LogP contribution in [0, 0.1) is 3.57 Å². The predicted octanol–water partition coefficient (Wildman–Crippen LogP) is 1.28. The third kappa shape index (κ3) is 2.92. The fourth-order valence-electron chi connectivity index (χ4n) is 1.78. The number of nitrogens with one attached hydrogen (secondary N) is 1. The largest absolute Gasteiger partial charge is 0.365 e. The highest BCUT2D eigenvalue weighted by atomic mass is 127. The van der Waals surface area contributed by atoms with Crippen molar-refractivity contribution < 1.29 is 9.59 Å². The Balaban J connectivity index is 1.98. The Kier molecular flexibility index (Phi) is 4.05. The molecule has 1 saturated heterocycles. The summed E-state index contributed by atoms with van der Waals surface area (Å²) in [5.74, 6) is -0.175. The average Bonchev–Trinajstić information content (AvgIpc) is 2.76. The van der Waals surface area contributed by atoms with Crippen molar-refractivity contribution >= 4 is 40.2 Å². The van der Waals surface area contributed by atoms with E-state index in [4.69, 9.17) is 0 Å². The summed E-state index contributed by atoms with van der Waals surface area (Å²) >= 11 is 2.23. The van der Waals surface area contributed by atoms with Gasteiger partial charge in [-0.25, -0.2) is 4.79 Å². The molecule has 0 spiro atoms. The van der Waals surface area contributed by atoms with Crippen molar-refractivity contribution in [3.05, 3.63) is 27.8 Å². The minimum atomic E-state index is -0.295. The van der Waals surface area contributed by atoms with Crippen molar-refractivity contribution in [1.29, 1.82) is 0 Å². The lowest BCUT2D eigenvalue weighted by Gasteiger charge is -2.21. The standard InChI is InChI=1S/C12H14IN3O2/c1-15(10-4-2-9(13)3-5-10)8-11(17)16-7-6-14-12(16)18/h2-5H,6-8H2,1H3,(H,14,18). The fourth-order valence-corrected chi connectivity index (χ4v) is 2.14. The maximum absolute atomic E-state index is 11.9. The van der Waals surface area contributed by atoms with Gasteiger partial charge in [-0.2, -0.15) is 0 Å². The minimum Gasteiger partial charge on any atom is -0.365 e. The van der Waals surface area contributed by atoms with E-state index in [0.29, 0.717) is 13.1 Å². The van der Waals surface area contributed by atoms with Gasteiger partial charge in [0, 0.05) is 29.4 Å². The summed E-state index contributed by atoms with van der Waals surface area (Å²) in [5, 5.41) is 2.62. The molecule has 3 amide bonds. The molecule has 0 bridgehead atoms. The first-order chi connectivity index (χ1) is 8.58. The molecule has 0 saturated carbocycles. The summed E-state index contributed by atoms with van der Waals surface area (Å²) in [6, 6.07) is 7.59. The molecule has 0 unspecified atom stereocenters. The van der Waals surface area contributed by atoms with Crippen LogP contribution in [0.5, 0.6) is 0 Å². The zero-order valence-electron chi connectivity index (χ0n) is 10.0. The Labute approximate surface area is 119 Å². The molecule has 1 aliphatic rings. The van der Waals surface area contributed by atoms with E-state index >= 15 is 0 Å². The molecule has 1 aromatic carbocycles. The van der Waals surface area contributed by atoms with Crippen molar-refractivity contribution in [3.8, 4) is 0 Å². The third-order valence-corrected chi connectivity index (χ3v) is 3.52. The van der Waals surface area contributed by atoms with Crippen LogP contribution in [0.4, 0.5) is 10.5 Å². The fraction of sp³-hybridized carbons (Fsp3) is 0.333. The van der Waals surface area contributed by atoms with Crippen LogP contribution in [-0.2, 0) is 4.79 Å². The lowest BCUT2D eigenvalue weighted by Crippen LogP contribution is -2.40. The van der Waals surface area contributed by atoms with Crippen LogP contribution >= 0.6 is 22.6 Å². The van der Waals surface area contributed by atoms with Crippen molar-refractivity contribution in [1.82, 2.24) is 10.2 Å². The van der Waals surface area contributed by atoms with Gasteiger partial charge in [0.25, 0.3) is 0 Å². The van der Waals surface area contributed by atoms with Crippen molar-refractivity contribution in [2.75, 3.05) is 31.6 Å². The number of imide groups is 1. The molecule has 2 rings (SSSR count). The zero-order valence-corrected chi connectivity index (χ0v) is 12.2. The van der Waals surface area contributed by atoms with Gasteiger partial charge in [0.15, 0.2) is 0 Å². The summed E-state index contributed by atoms with van der Waals surface area (Å²) in [7, 11) is 1.84. The second-order valence-corrected chi connectivity index (χ2v) is 5.36. The Morgan fingerprint density at radius 1 is 1.44 bits per heavy atom. The number of likely N-dealkylation sites (N-methyl/N-ethyl adjacent to an activating group) is 1. The molecule has 1 N–H and O–H groups in total. The second-order valence-electron chi connectivity index (χ2n) is 4.11. The molecule has 6 heteroatoms. The highest BCUT2D eigenvalue weighted by Crippen LogP contribution is 2.15. The van der Waals surface area contributed by atoms with E-state index in [1.54, 1.807) is 0 Å². The van der Waals surface area contributed by atoms with Gasteiger partial charge in [-0.05, 0) is 46.9 Å². The van der Waals surface area contributed by atoms with Gasteiger partial charge in [0.05, 0.1) is 6.54 Å². The van der Waals surface area contributed by atoms with Gasteiger partial charge >= 0.3 is 6.03 Å². The molecule has 0 aliphatic carbocycles. The van der Waals surface area contributed by atoms with Crippen molar-refractivity contribution in [2.45, 2.75) is 0 Å². The smallest absolute Gasteiger partial charge is 0.324 e. The van der Waals surface area contributed by atoms with Gasteiger partial charge in [-0.1, -0.05) is 0 Å². The number of carbonyl (C=O) groups excluding carboxylic acids is 2. The van der Waals surface area contributed by atoms with E-state index in [1.165, 1.54) is 4.90 Å². The van der Waals surface area contributed by atoms with Crippen LogP contribution < -0.4 is 10.2 Å². The number of carbonyl (C=O) groups is 2. The lowest BCUT2D eigenvalue weighted by molar-refractivity contribution is -0.126. The first kappa shape index (κ1) is 13.1. The summed E-state index contributed by atoms with van der Waals surface area (Å²) in [5.41, 5.74) is 0.961. The quantitative estimate of drug-likeness (QED) is 0.828. The number of hydrogen-bond acceptors (Lipinski definition) is 3. The summed E-state index contributed by atoms with van der Waals surface area (Å²) < 4.78 is 1.15. The minimum absolute atomic E-state index is 0.175. The van der Waals surface area contributed by atoms with Gasteiger partial charge in [-0.15, -0.1) is 0 Å². The van der Waals surface area contributed by atoms with E-state index in [1.807, 2.05) is 36.2 Å². The Morgan fingerprint density at radius 2 is 2.11 bits per heavy atom. The van der Waals surface area contributed by atoms with Gasteiger partial charge < -0.3 is 10.2 Å². The van der Waals surface area contributed by atoms with Crippen molar-refractivity contribution in [2.24, 2.45) is 0 Å². The molecule has 0 aromatic heterocycles. The number of urea groups is 1. The topological polar surface area (TPSA) is 52.7 Å². The van der Waals surface area contributed by atoms with Gasteiger partial charge in [-0.3, -0.25) is 9.69 Å². The molecule has 96 valence electrons. The van der Waals surface area contributed by atoms with Crippen LogP contribution in [0.2, 0.25) is 0 Å². The predicted molar refractivity (Wildman–Crippen MR) is 77.5 cm³/mol. The van der Waals surface area contributed by atoms with Crippen LogP contribution in [0.15, 0.2) is 24.3 Å². The maximum Gasteiger partial charge on any atom is 0.324 e. The molecule has 0 atom stereocenters. The van der Waals surface area contributed by atoms with Crippen LogP contribution in [0.25, 0.3) is 0 Å². The molecule has 5 nitrogen and oxygen atoms in total. The number of anilines is 1. The molecule has 1 aliphatic heterocycles. The lowest BCUT2D eigenvalue weighted by atomic mass is 10.3. The zero-order chi connectivity index (χ0) is 13.1. The molecule has 0 radical (unpaired) electrons. The van der Waals surface area contributed by atoms with E-state index < -0.39 is 0 Å². The SMILES string of the molecule is CN(CC(=O)N1CCNC1=O)c1ccc(I)cc1. The van der Waals surface area contributed by atoms with Gasteiger partial charge in [0.1, 0.15) is 0 Å². The van der Waals surface area contributed by atoms with Crippen molar-refractivity contribution in [3.63, 3.8) is 0 Å². The molecule has 1 aromatic rings.